The molecule has 2 rings (SSSR count). The van der Waals surface area contributed by atoms with E-state index in [-0.39, 0.29) is 11.7 Å². The van der Waals surface area contributed by atoms with Gasteiger partial charge in [0.15, 0.2) is 11.5 Å². The van der Waals surface area contributed by atoms with Crippen LogP contribution in [-0.4, -0.2) is 25.9 Å². The second-order valence-electron chi connectivity index (χ2n) is 4.10. The fourth-order valence-electron chi connectivity index (χ4n) is 2.09. The molecule has 19 heavy (non-hydrogen) atoms. The number of ether oxygens (including phenoxy) is 2. The number of benzene rings is 1. The number of rotatable bonds is 2. The first-order valence-corrected chi connectivity index (χ1v) is 5.56. The van der Waals surface area contributed by atoms with Gasteiger partial charge < -0.3 is 14.4 Å². The zero-order valence-corrected chi connectivity index (χ0v) is 10.4. The number of fused-ring (bicyclic) bond motifs is 1. The number of hydrogen-bond acceptors (Lipinski definition) is 3. The maximum absolute atomic E-state index is 12.3. The molecule has 1 aliphatic heterocycles. The number of methoxy groups -OCH3 is 1. The molecule has 0 aliphatic carbocycles. The zero-order valence-electron chi connectivity index (χ0n) is 10.4. The Balaban J connectivity index is 2.44. The van der Waals surface area contributed by atoms with Gasteiger partial charge in [-0.05, 0) is 18.1 Å². The first kappa shape index (κ1) is 13.5. The molecule has 0 N–H and O–H groups in total. The molecule has 0 unspecified atom stereocenters. The highest BCUT2D eigenvalue weighted by atomic mass is 19.4. The van der Waals surface area contributed by atoms with Crippen molar-refractivity contribution in [2.24, 2.45) is 0 Å². The van der Waals surface area contributed by atoms with Crippen molar-refractivity contribution >= 4 is 11.6 Å². The number of amides is 1. The largest absolute Gasteiger partial charge is 0.573 e. The predicted octanol–water partition coefficient (Wildman–Crippen LogP) is 2.50. The van der Waals surface area contributed by atoms with Gasteiger partial charge in [0.1, 0.15) is 0 Å². The summed E-state index contributed by atoms with van der Waals surface area (Å²) < 4.78 is 45.7. The van der Waals surface area contributed by atoms with Gasteiger partial charge in [-0.3, -0.25) is 4.79 Å². The fraction of sp³-hybridized carbons (Fsp3) is 0.417. The van der Waals surface area contributed by atoms with Crippen molar-refractivity contribution in [2.75, 3.05) is 18.6 Å². The summed E-state index contributed by atoms with van der Waals surface area (Å²) in [6.07, 6.45) is -4.22. The second kappa shape index (κ2) is 4.64. The molecule has 0 fully saturated rings. The van der Waals surface area contributed by atoms with E-state index in [2.05, 4.69) is 4.74 Å². The van der Waals surface area contributed by atoms with Gasteiger partial charge in [-0.15, -0.1) is 13.2 Å². The minimum Gasteiger partial charge on any atom is -0.493 e. The highest BCUT2D eigenvalue weighted by Crippen LogP contribution is 2.40. The molecule has 0 atom stereocenters. The van der Waals surface area contributed by atoms with Crippen molar-refractivity contribution in [1.29, 1.82) is 0 Å². The van der Waals surface area contributed by atoms with Crippen LogP contribution < -0.4 is 14.4 Å². The Labute approximate surface area is 107 Å². The van der Waals surface area contributed by atoms with Gasteiger partial charge in [-0.1, -0.05) is 0 Å². The second-order valence-corrected chi connectivity index (χ2v) is 4.10. The van der Waals surface area contributed by atoms with Crippen LogP contribution in [0.15, 0.2) is 12.1 Å². The molecule has 1 heterocycles. The molecule has 0 bridgehead atoms. The summed E-state index contributed by atoms with van der Waals surface area (Å²) in [4.78, 5) is 12.8. The molecule has 7 heteroatoms. The number of alkyl halides is 3. The smallest absolute Gasteiger partial charge is 0.493 e. The van der Waals surface area contributed by atoms with Gasteiger partial charge in [0.2, 0.25) is 5.91 Å². The van der Waals surface area contributed by atoms with Crippen molar-refractivity contribution in [3.05, 3.63) is 17.7 Å². The molecular weight excluding hydrogens is 263 g/mol. The summed E-state index contributed by atoms with van der Waals surface area (Å²) in [5, 5.41) is 0. The van der Waals surface area contributed by atoms with E-state index in [0.717, 1.165) is 5.56 Å². The van der Waals surface area contributed by atoms with Crippen LogP contribution in [0.5, 0.6) is 11.5 Å². The molecule has 0 aromatic heterocycles. The highest BCUT2D eigenvalue weighted by molar-refractivity contribution is 5.94. The Kier molecular flexibility index (Phi) is 3.30. The Morgan fingerprint density at radius 2 is 2.00 bits per heavy atom. The van der Waals surface area contributed by atoms with E-state index in [1.165, 1.54) is 31.1 Å². The third-order valence-corrected chi connectivity index (χ3v) is 2.87. The predicted molar refractivity (Wildman–Crippen MR) is 61.4 cm³/mol. The average molecular weight is 275 g/mol. The van der Waals surface area contributed by atoms with Crippen LogP contribution in [0.25, 0.3) is 0 Å². The van der Waals surface area contributed by atoms with E-state index < -0.39 is 12.1 Å². The van der Waals surface area contributed by atoms with Crippen LogP contribution in [0, 0.1) is 0 Å². The maximum Gasteiger partial charge on any atom is 0.573 e. The topological polar surface area (TPSA) is 38.8 Å². The van der Waals surface area contributed by atoms with Gasteiger partial charge in [0, 0.05) is 19.5 Å². The molecule has 1 amide bonds. The average Bonchev–Trinajstić information content (AvgIpc) is 2.68. The van der Waals surface area contributed by atoms with Crippen LogP contribution >= 0.6 is 0 Å². The number of carbonyl (C=O) groups excluding carboxylic acids is 1. The van der Waals surface area contributed by atoms with Crippen molar-refractivity contribution in [3.8, 4) is 11.5 Å². The molecule has 0 saturated heterocycles. The maximum atomic E-state index is 12.3. The van der Waals surface area contributed by atoms with Crippen LogP contribution in [0.2, 0.25) is 0 Å². The molecule has 104 valence electrons. The SMILES string of the molecule is COc1cc2c(cc1OC(F)(F)F)N(C(C)=O)CC2. The Morgan fingerprint density at radius 1 is 1.32 bits per heavy atom. The van der Waals surface area contributed by atoms with Crippen LogP contribution in [0.4, 0.5) is 18.9 Å². The van der Waals surface area contributed by atoms with E-state index in [1.807, 2.05) is 0 Å². The Morgan fingerprint density at radius 3 is 2.53 bits per heavy atom. The molecule has 0 spiro atoms. The van der Waals surface area contributed by atoms with Crippen molar-refractivity contribution in [3.63, 3.8) is 0 Å². The molecule has 1 aliphatic rings. The highest BCUT2D eigenvalue weighted by Gasteiger charge is 2.34. The first-order valence-electron chi connectivity index (χ1n) is 5.56. The minimum atomic E-state index is -4.80. The molecule has 0 saturated carbocycles. The minimum absolute atomic E-state index is 0.00137. The number of carbonyl (C=O) groups is 1. The summed E-state index contributed by atoms with van der Waals surface area (Å²) in [6, 6.07) is 2.66. The third-order valence-electron chi connectivity index (χ3n) is 2.87. The molecular formula is C12H12F3NO3. The summed E-state index contributed by atoms with van der Waals surface area (Å²) in [5.74, 6) is -0.662. The molecule has 0 radical (unpaired) electrons. The quantitative estimate of drug-likeness (QED) is 0.832. The normalized spacial score (nSPS) is 14.3. The lowest BCUT2D eigenvalue weighted by Crippen LogP contribution is -2.26. The van der Waals surface area contributed by atoms with Crippen molar-refractivity contribution < 1.29 is 27.4 Å². The monoisotopic (exact) mass is 275 g/mol. The van der Waals surface area contributed by atoms with Crippen molar-refractivity contribution in [2.45, 2.75) is 19.7 Å². The Hall–Kier alpha value is -1.92. The van der Waals surface area contributed by atoms with Gasteiger partial charge in [-0.25, -0.2) is 0 Å². The first-order chi connectivity index (χ1) is 8.81. The van der Waals surface area contributed by atoms with E-state index in [9.17, 15) is 18.0 Å². The van der Waals surface area contributed by atoms with E-state index in [4.69, 9.17) is 4.74 Å². The fourth-order valence-corrected chi connectivity index (χ4v) is 2.09. The number of nitrogens with zero attached hydrogens (tertiary/aromatic N) is 1. The standard InChI is InChI=1S/C12H12F3NO3/c1-7(17)16-4-3-8-5-10(18-2)11(6-9(8)16)19-12(13,14)15/h5-6H,3-4H2,1-2H3. The number of hydrogen-bond donors (Lipinski definition) is 0. The van der Waals surface area contributed by atoms with Crippen LogP contribution in [-0.2, 0) is 11.2 Å². The summed E-state index contributed by atoms with van der Waals surface area (Å²) in [7, 11) is 1.27. The van der Waals surface area contributed by atoms with Crippen molar-refractivity contribution in [1.82, 2.24) is 0 Å². The molecule has 1 aromatic rings. The Bertz CT molecular complexity index is 514. The molecule has 4 nitrogen and oxygen atoms in total. The van der Waals surface area contributed by atoms with Gasteiger partial charge in [-0.2, -0.15) is 0 Å². The van der Waals surface area contributed by atoms with Gasteiger partial charge in [0.05, 0.1) is 12.8 Å². The lowest BCUT2D eigenvalue weighted by atomic mass is 10.1. The van der Waals surface area contributed by atoms with E-state index >= 15 is 0 Å². The molecule has 1 aromatic carbocycles. The van der Waals surface area contributed by atoms with Gasteiger partial charge >= 0.3 is 6.36 Å². The van der Waals surface area contributed by atoms with E-state index in [0.29, 0.717) is 18.7 Å². The van der Waals surface area contributed by atoms with Crippen LogP contribution in [0.1, 0.15) is 12.5 Å². The number of anilines is 1. The van der Waals surface area contributed by atoms with Crippen LogP contribution in [0.3, 0.4) is 0 Å². The van der Waals surface area contributed by atoms with E-state index in [1.54, 1.807) is 0 Å². The number of halogens is 3. The lowest BCUT2D eigenvalue weighted by molar-refractivity contribution is -0.275. The lowest BCUT2D eigenvalue weighted by Gasteiger charge is -2.18. The summed E-state index contributed by atoms with van der Waals surface area (Å²) in [5.41, 5.74) is 1.20. The van der Waals surface area contributed by atoms with Gasteiger partial charge in [0.25, 0.3) is 0 Å². The third kappa shape index (κ3) is 2.74. The summed E-state index contributed by atoms with van der Waals surface area (Å²) >= 11 is 0. The zero-order chi connectivity index (χ0) is 14.2. The summed E-state index contributed by atoms with van der Waals surface area (Å²) in [6.45, 7) is 1.81.